The molecule has 0 aromatic carbocycles. The minimum Gasteiger partial charge on any atom is -0.397 e. The van der Waals surface area contributed by atoms with E-state index in [-0.39, 0.29) is 0 Å². The van der Waals surface area contributed by atoms with Gasteiger partial charge in [-0.25, -0.2) is 4.98 Å². The maximum absolute atomic E-state index is 10.8. The number of nitrogens with one attached hydrogen (secondary N) is 1. The molecule has 0 aliphatic heterocycles. The van der Waals surface area contributed by atoms with Crippen molar-refractivity contribution in [2.24, 2.45) is 0 Å². The molecule has 1 aromatic rings. The third-order valence-corrected chi connectivity index (χ3v) is 2.79. The molecule has 0 fully saturated rings. The summed E-state index contributed by atoms with van der Waals surface area (Å²) in [5.41, 5.74) is 6.41. The van der Waals surface area contributed by atoms with Crippen LogP contribution in [0.1, 0.15) is 12.0 Å². The number of nitrogens with zero attached hydrogens (tertiary/aromatic N) is 2. The molecule has 86 valence electrons. The molecule has 1 unspecified atom stereocenters. The third-order valence-electron chi connectivity index (χ3n) is 1.93. The molecule has 0 saturated carbocycles. The van der Waals surface area contributed by atoms with Crippen molar-refractivity contribution in [3.8, 4) is 6.07 Å². The Kier molecular flexibility index (Phi) is 4.73. The Labute approximate surface area is 97.1 Å². The molecule has 16 heavy (non-hydrogen) atoms. The van der Waals surface area contributed by atoms with E-state index in [1.807, 2.05) is 6.07 Å². The molecule has 0 saturated heterocycles. The second-order valence-corrected chi connectivity index (χ2v) is 4.89. The van der Waals surface area contributed by atoms with Crippen LogP contribution in [-0.4, -0.2) is 27.7 Å². The number of hydrogen-bond donors (Lipinski definition) is 2. The van der Waals surface area contributed by atoms with Crippen LogP contribution in [0, 0.1) is 11.3 Å². The molecule has 0 bridgehead atoms. The summed E-state index contributed by atoms with van der Waals surface area (Å²) >= 11 is 0. The highest BCUT2D eigenvalue weighted by molar-refractivity contribution is 7.84. The Hall–Kier alpha value is -1.61. The minimum absolute atomic E-state index is 0.428. The highest BCUT2D eigenvalue weighted by Gasteiger charge is 2.03. The largest absolute Gasteiger partial charge is 0.397 e. The number of hydrogen-bond acceptors (Lipinski definition) is 5. The number of anilines is 2. The zero-order valence-corrected chi connectivity index (χ0v) is 9.88. The normalized spacial score (nSPS) is 11.8. The van der Waals surface area contributed by atoms with Crippen LogP contribution >= 0.6 is 0 Å². The van der Waals surface area contributed by atoms with Crippen molar-refractivity contribution in [1.29, 1.82) is 5.26 Å². The molecule has 0 aliphatic rings. The summed E-state index contributed by atoms with van der Waals surface area (Å²) in [7, 11) is -0.780. The van der Waals surface area contributed by atoms with E-state index in [1.54, 1.807) is 12.3 Å². The van der Waals surface area contributed by atoms with Crippen LogP contribution in [0.4, 0.5) is 11.5 Å². The van der Waals surface area contributed by atoms with Gasteiger partial charge in [0.15, 0.2) is 0 Å². The van der Waals surface area contributed by atoms with Gasteiger partial charge in [-0.1, -0.05) is 0 Å². The second-order valence-electron chi connectivity index (χ2n) is 3.33. The summed E-state index contributed by atoms with van der Waals surface area (Å²) in [6.07, 6.45) is 3.95. The predicted octanol–water partition coefficient (Wildman–Crippen LogP) is 0.716. The van der Waals surface area contributed by atoms with Crippen LogP contribution in [0.15, 0.2) is 12.3 Å². The van der Waals surface area contributed by atoms with Gasteiger partial charge in [0.25, 0.3) is 0 Å². The lowest BCUT2D eigenvalue weighted by atomic mass is 10.2. The van der Waals surface area contributed by atoms with Crippen molar-refractivity contribution >= 4 is 22.3 Å². The molecule has 0 amide bonds. The van der Waals surface area contributed by atoms with Gasteiger partial charge in [0, 0.05) is 29.4 Å². The van der Waals surface area contributed by atoms with E-state index in [4.69, 9.17) is 11.0 Å². The van der Waals surface area contributed by atoms with Gasteiger partial charge in [-0.2, -0.15) is 5.26 Å². The predicted molar refractivity (Wildman–Crippen MR) is 65.4 cm³/mol. The molecular formula is C10H14N4OS. The van der Waals surface area contributed by atoms with E-state index in [0.717, 1.165) is 6.42 Å². The summed E-state index contributed by atoms with van der Waals surface area (Å²) in [5.74, 6) is 1.17. The number of nitrogens with two attached hydrogens (primary N) is 1. The fraction of sp³-hybridized carbons (Fsp3) is 0.400. The van der Waals surface area contributed by atoms with Crippen molar-refractivity contribution in [2.45, 2.75) is 6.42 Å². The van der Waals surface area contributed by atoms with Gasteiger partial charge in [-0.05, 0) is 12.5 Å². The molecule has 1 aromatic heterocycles. The van der Waals surface area contributed by atoms with Crippen LogP contribution in [-0.2, 0) is 10.8 Å². The summed E-state index contributed by atoms with van der Waals surface area (Å²) < 4.78 is 10.8. The Bertz CT molecular complexity index is 427. The fourth-order valence-electron chi connectivity index (χ4n) is 1.19. The van der Waals surface area contributed by atoms with E-state index < -0.39 is 10.8 Å². The molecule has 3 N–H and O–H groups in total. The summed E-state index contributed by atoms with van der Waals surface area (Å²) in [6.45, 7) is 0.644. The number of aromatic nitrogens is 1. The Balaban J connectivity index is 2.54. The van der Waals surface area contributed by atoms with Crippen LogP contribution in [0.25, 0.3) is 0 Å². The van der Waals surface area contributed by atoms with E-state index >= 15 is 0 Å². The maximum atomic E-state index is 10.8. The van der Waals surface area contributed by atoms with Crippen molar-refractivity contribution in [3.63, 3.8) is 0 Å². The lowest BCUT2D eigenvalue weighted by molar-refractivity contribution is 0.685. The van der Waals surface area contributed by atoms with Crippen LogP contribution in [0.5, 0.6) is 0 Å². The monoisotopic (exact) mass is 238 g/mol. The van der Waals surface area contributed by atoms with Crippen LogP contribution in [0.2, 0.25) is 0 Å². The Morgan fingerprint density at radius 3 is 3.06 bits per heavy atom. The van der Waals surface area contributed by atoms with Crippen molar-refractivity contribution < 1.29 is 4.21 Å². The van der Waals surface area contributed by atoms with Gasteiger partial charge >= 0.3 is 0 Å². The van der Waals surface area contributed by atoms with E-state index in [1.165, 1.54) is 6.20 Å². The summed E-state index contributed by atoms with van der Waals surface area (Å²) in [5, 5.41) is 11.9. The average molecular weight is 238 g/mol. The van der Waals surface area contributed by atoms with Gasteiger partial charge in [0.2, 0.25) is 0 Å². The van der Waals surface area contributed by atoms with Gasteiger partial charge in [-0.15, -0.1) is 0 Å². The highest BCUT2D eigenvalue weighted by atomic mass is 32.2. The molecular weight excluding hydrogens is 224 g/mol. The van der Waals surface area contributed by atoms with E-state index in [0.29, 0.717) is 29.4 Å². The first-order valence-electron chi connectivity index (χ1n) is 4.83. The Morgan fingerprint density at radius 1 is 1.69 bits per heavy atom. The van der Waals surface area contributed by atoms with Gasteiger partial charge < -0.3 is 11.1 Å². The molecule has 5 nitrogen and oxygen atoms in total. The average Bonchev–Trinajstić information content (AvgIpc) is 2.25. The molecule has 1 atom stereocenters. The zero-order valence-electron chi connectivity index (χ0n) is 9.06. The number of nitriles is 1. The SMILES string of the molecule is CS(=O)CCCNc1ncc(N)cc1C#N. The molecule has 0 spiro atoms. The lowest BCUT2D eigenvalue weighted by Crippen LogP contribution is -2.08. The fourth-order valence-corrected chi connectivity index (χ4v) is 1.74. The smallest absolute Gasteiger partial charge is 0.144 e. The van der Waals surface area contributed by atoms with E-state index in [9.17, 15) is 4.21 Å². The standard InChI is InChI=1S/C10H14N4OS/c1-16(15)4-2-3-13-10-8(6-11)5-9(12)7-14-10/h5,7H,2-4,12H2,1H3,(H,13,14). The summed E-state index contributed by atoms with van der Waals surface area (Å²) in [6, 6.07) is 3.60. The van der Waals surface area contributed by atoms with Gasteiger partial charge in [-0.3, -0.25) is 4.21 Å². The van der Waals surface area contributed by atoms with Gasteiger partial charge in [0.05, 0.1) is 17.4 Å². The molecule has 0 aliphatic carbocycles. The second kappa shape index (κ2) is 6.08. The highest BCUT2D eigenvalue weighted by Crippen LogP contribution is 2.13. The minimum atomic E-state index is -0.780. The first-order valence-corrected chi connectivity index (χ1v) is 6.55. The maximum Gasteiger partial charge on any atom is 0.144 e. The topological polar surface area (TPSA) is 91.8 Å². The molecule has 0 radical (unpaired) electrons. The van der Waals surface area contributed by atoms with Gasteiger partial charge in [0.1, 0.15) is 11.9 Å². The van der Waals surface area contributed by atoms with E-state index in [2.05, 4.69) is 10.3 Å². The van der Waals surface area contributed by atoms with Crippen molar-refractivity contribution in [1.82, 2.24) is 4.98 Å². The number of nitrogen functional groups attached to an aromatic ring is 1. The first-order chi connectivity index (χ1) is 7.63. The zero-order chi connectivity index (χ0) is 12.0. The Morgan fingerprint density at radius 2 is 2.44 bits per heavy atom. The van der Waals surface area contributed by atoms with Crippen molar-refractivity contribution in [2.75, 3.05) is 29.6 Å². The third kappa shape index (κ3) is 3.87. The van der Waals surface area contributed by atoms with Crippen molar-refractivity contribution in [3.05, 3.63) is 17.8 Å². The number of rotatable bonds is 5. The first kappa shape index (κ1) is 12.5. The number of pyridine rings is 1. The molecule has 1 heterocycles. The lowest BCUT2D eigenvalue weighted by Gasteiger charge is -2.06. The van der Waals surface area contributed by atoms with Crippen LogP contribution in [0.3, 0.4) is 0 Å². The molecule has 1 rings (SSSR count). The van der Waals surface area contributed by atoms with Crippen LogP contribution < -0.4 is 11.1 Å². The molecule has 6 heteroatoms. The quantitative estimate of drug-likeness (QED) is 0.737. The summed E-state index contributed by atoms with van der Waals surface area (Å²) in [4.78, 5) is 4.03.